The van der Waals surface area contributed by atoms with Crippen molar-refractivity contribution in [3.8, 4) is 11.3 Å². The van der Waals surface area contributed by atoms with Gasteiger partial charge in [-0.1, -0.05) is 23.7 Å². The highest BCUT2D eigenvalue weighted by atomic mass is 35.5. The molecule has 0 unspecified atom stereocenters. The van der Waals surface area contributed by atoms with Gasteiger partial charge in [-0.3, -0.25) is 0 Å². The maximum Gasteiger partial charge on any atom is 0.125 e. The lowest BCUT2D eigenvalue weighted by molar-refractivity contribution is 1.27. The molecule has 0 amide bonds. The average molecular weight is 251 g/mol. The first-order valence-corrected chi connectivity index (χ1v) is 6.37. The zero-order valence-corrected chi connectivity index (χ0v) is 10.3. The monoisotopic (exact) mass is 250 g/mol. The van der Waals surface area contributed by atoms with Crippen LogP contribution in [0.2, 0.25) is 5.02 Å². The van der Waals surface area contributed by atoms with Crippen molar-refractivity contribution in [2.45, 2.75) is 4.90 Å². The third-order valence-electron chi connectivity index (χ3n) is 2.19. The number of halogens is 1. The summed E-state index contributed by atoms with van der Waals surface area (Å²) in [6.07, 6.45) is 2.01. The van der Waals surface area contributed by atoms with E-state index in [1.54, 1.807) is 11.8 Å². The van der Waals surface area contributed by atoms with Crippen LogP contribution >= 0.6 is 23.4 Å². The minimum atomic E-state index is 0.539. The Morgan fingerprint density at radius 2 is 1.88 bits per heavy atom. The minimum Gasteiger partial charge on any atom is -0.384 e. The van der Waals surface area contributed by atoms with Crippen LogP contribution in [-0.2, 0) is 0 Å². The van der Waals surface area contributed by atoms with Gasteiger partial charge in [-0.15, -0.1) is 11.8 Å². The fourth-order valence-corrected chi connectivity index (χ4v) is 2.01. The van der Waals surface area contributed by atoms with Crippen LogP contribution in [0, 0.1) is 0 Å². The Labute approximate surface area is 104 Å². The molecule has 0 spiro atoms. The molecule has 0 saturated carbocycles. The van der Waals surface area contributed by atoms with Gasteiger partial charge in [-0.25, -0.2) is 4.98 Å². The predicted molar refractivity (Wildman–Crippen MR) is 70.9 cm³/mol. The lowest BCUT2D eigenvalue weighted by atomic mass is 10.1. The first-order chi connectivity index (χ1) is 7.69. The second-order valence-electron chi connectivity index (χ2n) is 3.32. The summed E-state index contributed by atoms with van der Waals surface area (Å²) < 4.78 is 0. The molecule has 0 atom stereocenters. The Morgan fingerprint density at radius 1 is 1.19 bits per heavy atom. The summed E-state index contributed by atoms with van der Waals surface area (Å²) in [4.78, 5) is 5.41. The number of nitrogens with zero attached hydrogens (tertiary/aromatic N) is 1. The van der Waals surface area contributed by atoms with Gasteiger partial charge in [-0.2, -0.15) is 0 Å². The summed E-state index contributed by atoms with van der Waals surface area (Å²) in [6.45, 7) is 0. The van der Waals surface area contributed by atoms with Crippen LogP contribution in [0.4, 0.5) is 5.82 Å². The van der Waals surface area contributed by atoms with Crippen LogP contribution in [-0.4, -0.2) is 11.2 Å². The molecule has 2 N–H and O–H groups in total. The van der Waals surface area contributed by atoms with E-state index in [1.807, 2.05) is 42.7 Å². The fourth-order valence-electron chi connectivity index (χ4n) is 1.41. The molecule has 1 heterocycles. The molecule has 2 nitrogen and oxygen atoms in total. The van der Waals surface area contributed by atoms with E-state index in [4.69, 9.17) is 17.3 Å². The molecule has 0 aliphatic carbocycles. The van der Waals surface area contributed by atoms with Gasteiger partial charge >= 0.3 is 0 Å². The van der Waals surface area contributed by atoms with E-state index in [1.165, 1.54) is 0 Å². The molecule has 0 bridgehead atoms. The zero-order chi connectivity index (χ0) is 11.5. The zero-order valence-electron chi connectivity index (χ0n) is 8.77. The normalized spacial score (nSPS) is 10.4. The van der Waals surface area contributed by atoms with E-state index < -0.39 is 0 Å². The van der Waals surface area contributed by atoms with Crippen molar-refractivity contribution >= 4 is 29.2 Å². The minimum absolute atomic E-state index is 0.539. The van der Waals surface area contributed by atoms with Crippen LogP contribution in [0.1, 0.15) is 0 Å². The highest BCUT2D eigenvalue weighted by molar-refractivity contribution is 7.98. The van der Waals surface area contributed by atoms with E-state index in [-0.39, 0.29) is 0 Å². The van der Waals surface area contributed by atoms with Gasteiger partial charge in [0, 0.05) is 15.5 Å². The number of anilines is 1. The summed E-state index contributed by atoms with van der Waals surface area (Å²) in [5, 5.41) is 0.720. The van der Waals surface area contributed by atoms with E-state index in [9.17, 15) is 0 Å². The molecule has 16 heavy (non-hydrogen) atoms. The van der Waals surface area contributed by atoms with Crippen LogP contribution in [0.25, 0.3) is 11.3 Å². The summed E-state index contributed by atoms with van der Waals surface area (Å²) in [7, 11) is 0. The van der Waals surface area contributed by atoms with Crippen molar-refractivity contribution in [3.63, 3.8) is 0 Å². The number of thioether (sulfide) groups is 1. The lowest BCUT2D eigenvalue weighted by Gasteiger charge is -2.05. The first-order valence-electron chi connectivity index (χ1n) is 4.76. The molecule has 2 rings (SSSR count). The number of nitrogens with two attached hydrogens (primary N) is 1. The SMILES string of the molecule is CSc1cc(N)nc(-c2ccc(Cl)cc2)c1. The Balaban J connectivity index is 2.47. The summed E-state index contributed by atoms with van der Waals surface area (Å²) in [6, 6.07) is 11.5. The van der Waals surface area contributed by atoms with Crippen molar-refractivity contribution in [2.24, 2.45) is 0 Å². The molecule has 0 aliphatic heterocycles. The number of rotatable bonds is 2. The van der Waals surface area contributed by atoms with E-state index in [2.05, 4.69) is 4.98 Å². The van der Waals surface area contributed by atoms with E-state index >= 15 is 0 Å². The number of nitrogen functional groups attached to an aromatic ring is 1. The van der Waals surface area contributed by atoms with Gasteiger partial charge < -0.3 is 5.73 Å². The maximum absolute atomic E-state index is 5.84. The summed E-state index contributed by atoms with van der Waals surface area (Å²) >= 11 is 7.49. The predicted octanol–water partition coefficient (Wildman–Crippen LogP) is 3.71. The second-order valence-corrected chi connectivity index (χ2v) is 4.64. The van der Waals surface area contributed by atoms with E-state index in [0.29, 0.717) is 5.82 Å². The molecule has 0 saturated heterocycles. The van der Waals surface area contributed by atoms with Gasteiger partial charge in [-0.05, 0) is 30.5 Å². The lowest BCUT2D eigenvalue weighted by Crippen LogP contribution is -1.93. The molecule has 0 aliphatic rings. The largest absolute Gasteiger partial charge is 0.384 e. The van der Waals surface area contributed by atoms with Crippen molar-refractivity contribution < 1.29 is 0 Å². The number of aromatic nitrogens is 1. The van der Waals surface area contributed by atoms with Crippen molar-refractivity contribution in [3.05, 3.63) is 41.4 Å². The molecule has 1 aromatic heterocycles. The van der Waals surface area contributed by atoms with Crippen LogP contribution in [0.15, 0.2) is 41.3 Å². The average Bonchev–Trinajstić information content (AvgIpc) is 2.29. The number of hydrogen-bond acceptors (Lipinski definition) is 3. The molecule has 0 fully saturated rings. The first kappa shape index (κ1) is 11.3. The van der Waals surface area contributed by atoms with Crippen molar-refractivity contribution in [2.75, 3.05) is 12.0 Å². The maximum atomic E-state index is 5.84. The van der Waals surface area contributed by atoms with Crippen molar-refractivity contribution in [1.82, 2.24) is 4.98 Å². The standard InChI is InChI=1S/C12H11ClN2S/c1-16-10-6-11(15-12(14)7-10)8-2-4-9(13)5-3-8/h2-7H,1H3,(H2,14,15). The smallest absolute Gasteiger partial charge is 0.125 e. The molecule has 0 radical (unpaired) electrons. The molecule has 4 heteroatoms. The topological polar surface area (TPSA) is 38.9 Å². The fraction of sp³-hybridized carbons (Fsp3) is 0.0833. The Hall–Kier alpha value is -1.19. The number of pyridine rings is 1. The molecule has 1 aromatic carbocycles. The molecule has 2 aromatic rings. The second kappa shape index (κ2) is 4.76. The summed E-state index contributed by atoms with van der Waals surface area (Å²) in [5.74, 6) is 0.539. The van der Waals surface area contributed by atoms with Crippen LogP contribution in [0.5, 0.6) is 0 Å². The van der Waals surface area contributed by atoms with Crippen LogP contribution < -0.4 is 5.73 Å². The van der Waals surface area contributed by atoms with Gasteiger partial charge in [0.2, 0.25) is 0 Å². The Morgan fingerprint density at radius 3 is 2.50 bits per heavy atom. The van der Waals surface area contributed by atoms with Gasteiger partial charge in [0.25, 0.3) is 0 Å². The van der Waals surface area contributed by atoms with Gasteiger partial charge in [0.15, 0.2) is 0 Å². The molecular formula is C12H11ClN2S. The van der Waals surface area contributed by atoms with Gasteiger partial charge in [0.05, 0.1) is 5.69 Å². The number of hydrogen-bond donors (Lipinski definition) is 1. The van der Waals surface area contributed by atoms with Gasteiger partial charge in [0.1, 0.15) is 5.82 Å². The van der Waals surface area contributed by atoms with Crippen molar-refractivity contribution in [1.29, 1.82) is 0 Å². The summed E-state index contributed by atoms with van der Waals surface area (Å²) in [5.41, 5.74) is 7.65. The highest BCUT2D eigenvalue weighted by Crippen LogP contribution is 2.25. The third-order valence-corrected chi connectivity index (χ3v) is 3.15. The number of benzene rings is 1. The highest BCUT2D eigenvalue weighted by Gasteiger charge is 2.02. The third kappa shape index (κ3) is 2.49. The Kier molecular flexibility index (Phi) is 3.36. The molecule has 82 valence electrons. The molecular weight excluding hydrogens is 240 g/mol. The Bertz CT molecular complexity index is 497. The quantitative estimate of drug-likeness (QED) is 0.826. The van der Waals surface area contributed by atoms with E-state index in [0.717, 1.165) is 21.2 Å². The van der Waals surface area contributed by atoms with Crippen LogP contribution in [0.3, 0.4) is 0 Å².